The van der Waals surface area contributed by atoms with Gasteiger partial charge in [-0.1, -0.05) is 5.16 Å². The van der Waals surface area contributed by atoms with E-state index >= 15 is 0 Å². The lowest BCUT2D eigenvalue weighted by atomic mass is 10.0. The number of methoxy groups -OCH3 is 1. The first kappa shape index (κ1) is 15.5. The predicted octanol–water partition coefficient (Wildman–Crippen LogP) is 1.93. The van der Waals surface area contributed by atoms with Crippen LogP contribution in [0, 0.1) is 0 Å². The largest absolute Gasteiger partial charge is 0.497 e. The topological polar surface area (TPSA) is 102 Å². The number of amides is 1. The maximum atomic E-state index is 12.8. The molecule has 1 aromatic heterocycles. The Balaban J connectivity index is 1.69. The number of benzene rings is 1. The summed E-state index contributed by atoms with van der Waals surface area (Å²) in [5.41, 5.74) is 1.34. The molecule has 0 bridgehead atoms. The van der Waals surface area contributed by atoms with Crippen LogP contribution in [0.2, 0.25) is 0 Å². The highest BCUT2D eigenvalue weighted by Gasteiger charge is 2.38. The van der Waals surface area contributed by atoms with E-state index in [9.17, 15) is 14.7 Å². The number of likely N-dealkylation sites (tertiary alicyclic amines) is 1. The molecular weight excluding hydrogens is 328 g/mol. The monoisotopic (exact) mass is 344 g/mol. The normalized spacial score (nSPS) is 18.3. The molecular formula is C17H16N2O6. The molecule has 1 N–H and O–H groups in total. The number of carboxylic acids is 1. The Morgan fingerprint density at radius 2 is 2.24 bits per heavy atom. The highest BCUT2D eigenvalue weighted by atomic mass is 16.5. The van der Waals surface area contributed by atoms with Gasteiger partial charge in [-0.15, -0.1) is 0 Å². The second-order valence-electron chi connectivity index (χ2n) is 5.98. The lowest BCUT2D eigenvalue weighted by Crippen LogP contribution is -2.41. The van der Waals surface area contributed by atoms with Crippen LogP contribution in [0.3, 0.4) is 0 Å². The fourth-order valence-corrected chi connectivity index (χ4v) is 3.31. The molecule has 1 atom stereocenters. The molecule has 2 aliphatic heterocycles. The van der Waals surface area contributed by atoms with Crippen LogP contribution in [0.15, 0.2) is 22.7 Å². The summed E-state index contributed by atoms with van der Waals surface area (Å²) in [5.74, 6) is 0.275. The molecule has 130 valence electrons. The standard InChI is InChI=1S/C17H16N2O6/c1-23-9-4-5-10-13(7-9)24-8-11-14(18-25-15(10)11)16(20)19-6-2-3-12(19)17(21)22/h4-5,7,12H,2-3,6,8H2,1H3,(H,21,22). The summed E-state index contributed by atoms with van der Waals surface area (Å²) < 4.78 is 16.3. The lowest BCUT2D eigenvalue weighted by molar-refractivity contribution is -0.141. The third-order valence-corrected chi connectivity index (χ3v) is 4.59. The zero-order valence-corrected chi connectivity index (χ0v) is 13.5. The van der Waals surface area contributed by atoms with Crippen molar-refractivity contribution >= 4 is 11.9 Å². The maximum Gasteiger partial charge on any atom is 0.326 e. The number of hydrogen-bond donors (Lipinski definition) is 1. The smallest absolute Gasteiger partial charge is 0.326 e. The van der Waals surface area contributed by atoms with Crippen molar-refractivity contribution in [3.63, 3.8) is 0 Å². The Hall–Kier alpha value is -3.03. The van der Waals surface area contributed by atoms with E-state index in [0.29, 0.717) is 47.8 Å². The van der Waals surface area contributed by atoms with Crippen molar-refractivity contribution < 1.29 is 28.7 Å². The molecule has 2 aliphatic rings. The molecule has 1 amide bonds. The third-order valence-electron chi connectivity index (χ3n) is 4.59. The molecule has 1 unspecified atom stereocenters. The van der Waals surface area contributed by atoms with Crippen LogP contribution in [0.25, 0.3) is 11.3 Å². The van der Waals surface area contributed by atoms with Gasteiger partial charge in [0.15, 0.2) is 11.5 Å². The molecule has 3 heterocycles. The fourth-order valence-electron chi connectivity index (χ4n) is 3.31. The molecule has 1 saturated heterocycles. The molecule has 1 aromatic carbocycles. The van der Waals surface area contributed by atoms with Crippen molar-refractivity contribution in [2.75, 3.05) is 13.7 Å². The molecule has 8 nitrogen and oxygen atoms in total. The number of nitrogens with zero attached hydrogens (tertiary/aromatic N) is 2. The number of aromatic nitrogens is 1. The van der Waals surface area contributed by atoms with Crippen LogP contribution < -0.4 is 9.47 Å². The summed E-state index contributed by atoms with van der Waals surface area (Å²) in [5, 5.41) is 13.2. The summed E-state index contributed by atoms with van der Waals surface area (Å²) in [4.78, 5) is 25.4. The number of hydrogen-bond acceptors (Lipinski definition) is 6. The van der Waals surface area contributed by atoms with Crippen molar-refractivity contribution in [2.45, 2.75) is 25.5 Å². The third kappa shape index (κ3) is 2.41. The second kappa shape index (κ2) is 5.80. The van der Waals surface area contributed by atoms with Crippen LogP contribution >= 0.6 is 0 Å². The van der Waals surface area contributed by atoms with E-state index < -0.39 is 17.9 Å². The zero-order chi connectivity index (χ0) is 17.6. The Labute approximate surface area is 142 Å². The van der Waals surface area contributed by atoms with Gasteiger partial charge >= 0.3 is 5.97 Å². The predicted molar refractivity (Wildman–Crippen MR) is 84.5 cm³/mol. The SMILES string of the molecule is COc1ccc2c(c1)OCc1c(C(=O)N3CCCC3C(=O)O)noc1-2. The van der Waals surface area contributed by atoms with E-state index in [2.05, 4.69) is 5.16 Å². The Morgan fingerprint density at radius 3 is 3.00 bits per heavy atom. The Kier molecular flexibility index (Phi) is 3.60. The van der Waals surface area contributed by atoms with Crippen LogP contribution in [0.4, 0.5) is 0 Å². The molecule has 0 aliphatic carbocycles. The van der Waals surface area contributed by atoms with Gasteiger partial charge in [-0.3, -0.25) is 4.79 Å². The summed E-state index contributed by atoms with van der Waals surface area (Å²) in [7, 11) is 1.57. The van der Waals surface area contributed by atoms with E-state index in [4.69, 9.17) is 14.0 Å². The molecule has 8 heteroatoms. The molecule has 0 spiro atoms. The van der Waals surface area contributed by atoms with Crippen LogP contribution in [0.1, 0.15) is 28.9 Å². The average Bonchev–Trinajstić information content (AvgIpc) is 3.27. The van der Waals surface area contributed by atoms with Gasteiger partial charge in [0.1, 0.15) is 24.1 Å². The zero-order valence-electron chi connectivity index (χ0n) is 13.5. The van der Waals surface area contributed by atoms with Crippen LogP contribution in [-0.2, 0) is 11.4 Å². The van der Waals surface area contributed by atoms with Crippen LogP contribution in [0.5, 0.6) is 11.5 Å². The van der Waals surface area contributed by atoms with Gasteiger partial charge in [0.2, 0.25) is 0 Å². The number of aliphatic carboxylic acids is 1. The van der Waals surface area contributed by atoms with Gasteiger partial charge < -0.3 is 24.0 Å². The van der Waals surface area contributed by atoms with E-state index in [1.54, 1.807) is 25.3 Å². The summed E-state index contributed by atoms with van der Waals surface area (Å²) in [6.07, 6.45) is 1.10. The molecule has 0 radical (unpaired) electrons. The molecule has 1 fully saturated rings. The summed E-state index contributed by atoms with van der Waals surface area (Å²) in [6.45, 7) is 0.526. The fraction of sp³-hybridized carbons (Fsp3) is 0.353. The number of carbonyl (C=O) groups is 2. The molecule has 25 heavy (non-hydrogen) atoms. The number of fused-ring (bicyclic) bond motifs is 3. The molecule has 0 saturated carbocycles. The van der Waals surface area contributed by atoms with Gasteiger partial charge in [0.25, 0.3) is 5.91 Å². The summed E-state index contributed by atoms with van der Waals surface area (Å²) in [6, 6.07) is 4.47. The number of carboxylic acid groups (broad SMARTS) is 1. The lowest BCUT2D eigenvalue weighted by Gasteiger charge is -2.21. The summed E-state index contributed by atoms with van der Waals surface area (Å²) >= 11 is 0. The van der Waals surface area contributed by atoms with Crippen molar-refractivity contribution in [3.8, 4) is 22.8 Å². The highest BCUT2D eigenvalue weighted by molar-refractivity contribution is 5.98. The average molecular weight is 344 g/mol. The van der Waals surface area contributed by atoms with Gasteiger partial charge in [-0.25, -0.2) is 4.79 Å². The van der Waals surface area contributed by atoms with Crippen LogP contribution in [-0.4, -0.2) is 46.7 Å². The highest BCUT2D eigenvalue weighted by Crippen LogP contribution is 2.41. The Morgan fingerprint density at radius 1 is 1.40 bits per heavy atom. The maximum absolute atomic E-state index is 12.8. The van der Waals surface area contributed by atoms with E-state index in [1.165, 1.54) is 4.90 Å². The van der Waals surface area contributed by atoms with Gasteiger partial charge in [0.05, 0.1) is 18.2 Å². The second-order valence-corrected chi connectivity index (χ2v) is 5.98. The van der Waals surface area contributed by atoms with Gasteiger partial charge in [-0.2, -0.15) is 0 Å². The first-order valence-corrected chi connectivity index (χ1v) is 7.93. The molecule has 2 aromatic rings. The van der Waals surface area contributed by atoms with E-state index in [-0.39, 0.29) is 12.3 Å². The molecule has 4 rings (SSSR count). The van der Waals surface area contributed by atoms with Gasteiger partial charge in [-0.05, 0) is 25.0 Å². The van der Waals surface area contributed by atoms with Crippen molar-refractivity contribution in [1.82, 2.24) is 10.1 Å². The number of ether oxygens (including phenoxy) is 2. The minimum absolute atomic E-state index is 0.115. The van der Waals surface area contributed by atoms with Crippen molar-refractivity contribution in [1.29, 1.82) is 0 Å². The van der Waals surface area contributed by atoms with E-state index in [0.717, 1.165) is 0 Å². The van der Waals surface area contributed by atoms with Gasteiger partial charge in [0, 0.05) is 12.6 Å². The number of rotatable bonds is 3. The first-order valence-electron chi connectivity index (χ1n) is 7.93. The Bertz CT molecular complexity index is 859. The van der Waals surface area contributed by atoms with Crippen molar-refractivity contribution in [3.05, 3.63) is 29.5 Å². The van der Waals surface area contributed by atoms with E-state index in [1.807, 2.05) is 0 Å². The minimum atomic E-state index is -1.00. The quantitative estimate of drug-likeness (QED) is 0.907. The minimum Gasteiger partial charge on any atom is -0.497 e. The first-order chi connectivity index (χ1) is 12.1. The van der Waals surface area contributed by atoms with Crippen molar-refractivity contribution in [2.24, 2.45) is 0 Å². The number of carbonyl (C=O) groups excluding carboxylic acids is 1.